The van der Waals surface area contributed by atoms with Gasteiger partial charge in [0, 0.05) is 42.2 Å². The van der Waals surface area contributed by atoms with Crippen molar-refractivity contribution in [1.82, 2.24) is 0 Å². The summed E-state index contributed by atoms with van der Waals surface area (Å²) in [5, 5.41) is 0. The van der Waals surface area contributed by atoms with E-state index in [2.05, 4.69) is 44.0 Å². The van der Waals surface area contributed by atoms with Crippen LogP contribution in [0.5, 0.6) is 0 Å². The zero-order valence-electron chi connectivity index (χ0n) is 12.0. The summed E-state index contributed by atoms with van der Waals surface area (Å²) in [5.74, 6) is 1.81. The minimum Gasteiger partial charge on any atom is -0.388 e. The molecule has 100 valence electrons. The second kappa shape index (κ2) is 89.2. The Morgan fingerprint density at radius 2 is 0.800 bits per heavy atom. The molecule has 0 amide bonds. The molecule has 0 heterocycles. The Morgan fingerprint density at radius 3 is 0.800 bits per heavy atom. The Hall–Kier alpha value is 0.360. The highest BCUT2D eigenvalue weighted by molar-refractivity contribution is 9.08. The molecule has 0 aromatic rings. The van der Waals surface area contributed by atoms with Gasteiger partial charge in [-0.3, -0.25) is 0 Å². The highest BCUT2D eigenvalue weighted by atomic mass is 79.9. The Bertz CT molecular complexity index is 32.3. The van der Waals surface area contributed by atoms with Crippen LogP contribution in [-0.2, 0) is 14.2 Å². The molecule has 0 aromatic heterocycles. The van der Waals surface area contributed by atoms with Crippen molar-refractivity contribution in [2.45, 2.75) is 27.2 Å². The average molecular weight is 291 g/mol. The third-order valence-corrected chi connectivity index (χ3v) is 0.289. The second-order valence-corrected chi connectivity index (χ2v) is 2.10. The van der Waals surface area contributed by atoms with E-state index in [4.69, 9.17) is 0 Å². The van der Waals surface area contributed by atoms with Gasteiger partial charge in [0.1, 0.15) is 0 Å². The normalized spacial score (nSPS) is 6.00. The number of methoxy groups -OCH3 is 3. The number of alkyl halides is 1. The largest absolute Gasteiger partial charge is 0.388 e. The molecule has 0 bridgehead atoms. The minimum atomic E-state index is 0.819. The van der Waals surface area contributed by atoms with Gasteiger partial charge >= 0.3 is 0 Å². The lowest BCUT2D eigenvalue weighted by Crippen LogP contribution is -1.73. The van der Waals surface area contributed by atoms with Crippen LogP contribution >= 0.6 is 15.9 Å². The first-order valence-electron chi connectivity index (χ1n) is 4.83. The van der Waals surface area contributed by atoms with E-state index in [9.17, 15) is 0 Å². The first kappa shape index (κ1) is 29.5. The molecule has 3 nitrogen and oxygen atoms in total. The number of hydrogen-bond acceptors (Lipinski definition) is 3. The molecule has 0 fully saturated rings. The summed E-state index contributed by atoms with van der Waals surface area (Å²) in [4.78, 5) is 0. The molecule has 0 saturated carbocycles. The maximum atomic E-state index is 4.54. The van der Waals surface area contributed by atoms with E-state index >= 15 is 0 Å². The quantitative estimate of drug-likeness (QED) is 0.691. The van der Waals surface area contributed by atoms with Crippen molar-refractivity contribution >= 4 is 15.9 Å². The molecule has 0 aliphatic carbocycles. The molecule has 0 rings (SSSR count). The van der Waals surface area contributed by atoms with Crippen LogP contribution in [0.1, 0.15) is 27.2 Å². The molecule has 0 saturated heterocycles. The van der Waals surface area contributed by atoms with Crippen molar-refractivity contribution in [1.29, 1.82) is 0 Å². The molecule has 4 heteroatoms. The van der Waals surface area contributed by atoms with Crippen molar-refractivity contribution < 1.29 is 14.2 Å². The fourth-order valence-corrected chi connectivity index (χ4v) is 0. The first-order valence-corrected chi connectivity index (χ1v) is 6.42. The standard InChI is InChI=1S/C3H8O.C3H8.2C2H6O.CH3Br/c1-3-4-2;3*1-3-2;1-2/h3H2,1-2H3;3H2,1-2H3;2*1-2H3;1H3. The van der Waals surface area contributed by atoms with Gasteiger partial charge in [0.05, 0.1) is 0 Å². The first-order chi connectivity index (χ1) is 7.16. The third kappa shape index (κ3) is 1190. The topological polar surface area (TPSA) is 27.7 Å². The Morgan fingerprint density at radius 1 is 0.733 bits per heavy atom. The summed E-state index contributed by atoms with van der Waals surface area (Å²) in [6.07, 6.45) is 1.25. The predicted molar refractivity (Wildman–Crippen MR) is 74.2 cm³/mol. The van der Waals surface area contributed by atoms with Gasteiger partial charge in [0.2, 0.25) is 0 Å². The van der Waals surface area contributed by atoms with E-state index in [1.54, 1.807) is 35.5 Å². The molecule has 0 N–H and O–H groups in total. The molecule has 15 heavy (non-hydrogen) atoms. The predicted octanol–water partition coefficient (Wildman–Crippen LogP) is 3.61. The Balaban J connectivity index is -0.0000000283. The van der Waals surface area contributed by atoms with Gasteiger partial charge in [0.25, 0.3) is 0 Å². The van der Waals surface area contributed by atoms with Crippen LogP contribution in [0.2, 0.25) is 0 Å². The van der Waals surface area contributed by atoms with E-state index in [0.29, 0.717) is 0 Å². The van der Waals surface area contributed by atoms with Gasteiger partial charge in [-0.1, -0.05) is 36.2 Å². The van der Waals surface area contributed by atoms with Crippen LogP contribution in [0, 0.1) is 0 Å². The van der Waals surface area contributed by atoms with Crippen molar-refractivity contribution in [3.05, 3.63) is 0 Å². The van der Waals surface area contributed by atoms with Gasteiger partial charge in [0.15, 0.2) is 0 Å². The average Bonchev–Trinajstić information content (AvgIpc) is 2.24. The summed E-state index contributed by atoms with van der Waals surface area (Å²) in [5.41, 5.74) is 0. The number of ether oxygens (including phenoxy) is 3. The lowest BCUT2D eigenvalue weighted by molar-refractivity contribution is 0.215. The summed E-state index contributed by atoms with van der Waals surface area (Å²) >= 11 is 2.94. The molecule has 0 unspecified atom stereocenters. The maximum Gasteiger partial charge on any atom is 0.0433 e. The highest BCUT2D eigenvalue weighted by Crippen LogP contribution is 1.56. The van der Waals surface area contributed by atoms with Crippen molar-refractivity contribution in [2.75, 3.05) is 48.0 Å². The van der Waals surface area contributed by atoms with Gasteiger partial charge in [-0.15, -0.1) is 0 Å². The van der Waals surface area contributed by atoms with Crippen molar-refractivity contribution in [2.24, 2.45) is 0 Å². The van der Waals surface area contributed by atoms with Gasteiger partial charge in [-0.25, -0.2) is 0 Å². The van der Waals surface area contributed by atoms with E-state index in [1.165, 1.54) is 6.42 Å². The summed E-state index contributed by atoms with van der Waals surface area (Å²) in [6.45, 7) is 7.03. The molecule has 0 radical (unpaired) electrons. The number of halogens is 1. The van der Waals surface area contributed by atoms with Crippen LogP contribution in [0.25, 0.3) is 0 Å². The fraction of sp³-hybridized carbons (Fsp3) is 1.00. The van der Waals surface area contributed by atoms with E-state index in [-0.39, 0.29) is 0 Å². The summed E-state index contributed by atoms with van der Waals surface area (Å²) in [6, 6.07) is 0. The van der Waals surface area contributed by atoms with Crippen molar-refractivity contribution in [3.8, 4) is 0 Å². The minimum absolute atomic E-state index is 0.819. The number of hydrogen-bond donors (Lipinski definition) is 0. The highest BCUT2D eigenvalue weighted by Gasteiger charge is 1.51. The summed E-state index contributed by atoms with van der Waals surface area (Å²) in [7, 11) is 8.18. The van der Waals surface area contributed by atoms with Crippen LogP contribution in [0.3, 0.4) is 0 Å². The van der Waals surface area contributed by atoms with E-state index in [0.717, 1.165) is 6.61 Å². The lowest BCUT2D eigenvalue weighted by atomic mass is 10.6. The molecular formula is C11H31BrO3. The lowest BCUT2D eigenvalue weighted by Gasteiger charge is -1.76. The zero-order chi connectivity index (χ0) is 13.5. The fourth-order valence-electron chi connectivity index (χ4n) is 0. The van der Waals surface area contributed by atoms with Crippen LogP contribution in [-0.4, -0.2) is 48.0 Å². The zero-order valence-corrected chi connectivity index (χ0v) is 13.6. The van der Waals surface area contributed by atoms with E-state index in [1.807, 2.05) is 12.8 Å². The molecule has 0 spiro atoms. The van der Waals surface area contributed by atoms with Gasteiger partial charge in [-0.2, -0.15) is 0 Å². The van der Waals surface area contributed by atoms with Crippen LogP contribution < -0.4 is 0 Å². The van der Waals surface area contributed by atoms with Crippen LogP contribution in [0.15, 0.2) is 0 Å². The van der Waals surface area contributed by atoms with Gasteiger partial charge < -0.3 is 14.2 Å². The second-order valence-electron chi connectivity index (χ2n) is 2.10. The molecule has 0 aromatic carbocycles. The number of rotatable bonds is 1. The smallest absolute Gasteiger partial charge is 0.0433 e. The molecule has 0 aliphatic heterocycles. The van der Waals surface area contributed by atoms with Gasteiger partial charge in [-0.05, 0) is 12.8 Å². The SMILES string of the molecule is CBr.CCC.CCOC.COC.COC. The van der Waals surface area contributed by atoms with Crippen LogP contribution in [0.4, 0.5) is 0 Å². The molecule has 0 aliphatic rings. The van der Waals surface area contributed by atoms with E-state index < -0.39 is 0 Å². The van der Waals surface area contributed by atoms with Crippen molar-refractivity contribution in [3.63, 3.8) is 0 Å². The summed E-state index contributed by atoms with van der Waals surface area (Å²) < 4.78 is 13.0. The molecular weight excluding hydrogens is 260 g/mol. The Labute approximate surface area is 106 Å². The molecule has 0 atom stereocenters. The third-order valence-electron chi connectivity index (χ3n) is 0.289. The monoisotopic (exact) mass is 290 g/mol. The maximum absolute atomic E-state index is 4.54. The Kier molecular flexibility index (Phi) is 176.